The van der Waals surface area contributed by atoms with Crippen LogP contribution in [-0.4, -0.2) is 32.4 Å². The maximum atomic E-state index is 13.8. The van der Waals surface area contributed by atoms with Gasteiger partial charge in [-0.2, -0.15) is 0 Å². The van der Waals surface area contributed by atoms with E-state index >= 15 is 0 Å². The topological polar surface area (TPSA) is 54.9 Å². The minimum Gasteiger partial charge on any atom is -0.467 e. The number of halogens is 2. The van der Waals surface area contributed by atoms with E-state index in [1.807, 2.05) is 13.0 Å². The number of guanidine groups is 1. The van der Waals surface area contributed by atoms with Gasteiger partial charge >= 0.3 is 0 Å². The third-order valence-electron chi connectivity index (χ3n) is 4.34. The molecule has 1 aliphatic heterocycles. The van der Waals surface area contributed by atoms with Crippen molar-refractivity contribution in [3.05, 3.63) is 64.7 Å². The molecule has 0 aliphatic carbocycles. The number of hydrogen-bond donors (Lipinski definition) is 2. The third-order valence-corrected chi connectivity index (χ3v) is 4.34. The molecule has 0 saturated carbocycles. The average Bonchev–Trinajstić information content (AvgIpc) is 2.68. The molecule has 0 aromatic heterocycles. The third kappa shape index (κ3) is 5.66. The Morgan fingerprint density at radius 1 is 1.11 bits per heavy atom. The summed E-state index contributed by atoms with van der Waals surface area (Å²) < 4.78 is 37.8. The predicted octanol–water partition coefficient (Wildman–Crippen LogP) is 3.17. The summed E-state index contributed by atoms with van der Waals surface area (Å²) in [5.74, 6) is 0.844. The van der Waals surface area contributed by atoms with E-state index in [4.69, 9.17) is 9.47 Å². The second-order valence-corrected chi connectivity index (χ2v) is 6.48. The summed E-state index contributed by atoms with van der Waals surface area (Å²) in [6.45, 7) is 4.36. The SMILES string of the molecule is CCNC(=NCCc1cc(F)cc2c1OCOC2)NCCc1cccc(F)c1. The fourth-order valence-corrected chi connectivity index (χ4v) is 3.09. The lowest BCUT2D eigenvalue weighted by Gasteiger charge is -2.20. The van der Waals surface area contributed by atoms with Crippen LogP contribution in [0.1, 0.15) is 23.6 Å². The van der Waals surface area contributed by atoms with Gasteiger partial charge in [-0.1, -0.05) is 12.1 Å². The number of nitrogens with one attached hydrogen (secondary N) is 2. The van der Waals surface area contributed by atoms with Crippen LogP contribution in [0.4, 0.5) is 8.78 Å². The number of ether oxygens (including phenoxy) is 2. The molecule has 0 spiro atoms. The summed E-state index contributed by atoms with van der Waals surface area (Å²) in [4.78, 5) is 4.55. The lowest BCUT2D eigenvalue weighted by molar-refractivity contribution is -0.0172. The van der Waals surface area contributed by atoms with Crippen LogP contribution in [0.5, 0.6) is 5.75 Å². The van der Waals surface area contributed by atoms with Crippen molar-refractivity contribution in [2.24, 2.45) is 4.99 Å². The Labute approximate surface area is 163 Å². The molecule has 1 heterocycles. The van der Waals surface area contributed by atoms with Gasteiger partial charge in [0.1, 0.15) is 17.4 Å². The zero-order valence-corrected chi connectivity index (χ0v) is 15.9. The van der Waals surface area contributed by atoms with Gasteiger partial charge in [0, 0.05) is 25.2 Å². The van der Waals surface area contributed by atoms with Gasteiger partial charge in [0.2, 0.25) is 0 Å². The van der Waals surface area contributed by atoms with Crippen molar-refractivity contribution in [1.29, 1.82) is 0 Å². The van der Waals surface area contributed by atoms with Crippen molar-refractivity contribution in [3.8, 4) is 5.75 Å². The quantitative estimate of drug-likeness (QED) is 0.564. The van der Waals surface area contributed by atoms with Crippen LogP contribution in [0.2, 0.25) is 0 Å². The summed E-state index contributed by atoms with van der Waals surface area (Å²) in [5, 5.41) is 6.42. The van der Waals surface area contributed by atoms with E-state index in [1.54, 1.807) is 6.07 Å². The van der Waals surface area contributed by atoms with Crippen LogP contribution in [0.3, 0.4) is 0 Å². The molecule has 3 rings (SSSR count). The Bertz CT molecular complexity index is 827. The molecule has 150 valence electrons. The van der Waals surface area contributed by atoms with Gasteiger partial charge in [0.15, 0.2) is 12.8 Å². The number of benzene rings is 2. The molecule has 0 bridgehead atoms. The highest BCUT2D eigenvalue weighted by Gasteiger charge is 2.16. The first-order valence-corrected chi connectivity index (χ1v) is 9.44. The Hall–Kier alpha value is -2.67. The standard InChI is InChI=1S/C21H25F2N3O2/c1-2-24-21(25-8-6-15-4-3-5-18(22)10-15)26-9-7-16-11-19(23)12-17-13-27-14-28-20(16)17/h3-5,10-12H,2,6-9,13-14H2,1H3,(H2,24,25,26). The minimum atomic E-state index is -0.299. The lowest BCUT2D eigenvalue weighted by atomic mass is 10.1. The van der Waals surface area contributed by atoms with Crippen LogP contribution < -0.4 is 15.4 Å². The molecule has 1 aliphatic rings. The molecule has 0 unspecified atom stereocenters. The first kappa shape index (κ1) is 20.1. The number of hydrogen-bond acceptors (Lipinski definition) is 3. The van der Waals surface area contributed by atoms with Crippen LogP contribution in [-0.2, 0) is 24.2 Å². The average molecular weight is 389 g/mol. The largest absolute Gasteiger partial charge is 0.467 e. The molecule has 2 aromatic carbocycles. The molecule has 7 heteroatoms. The van der Waals surface area contributed by atoms with Crippen molar-refractivity contribution in [1.82, 2.24) is 10.6 Å². The second kappa shape index (κ2) is 10.0. The van der Waals surface area contributed by atoms with Crippen molar-refractivity contribution in [2.45, 2.75) is 26.4 Å². The van der Waals surface area contributed by atoms with E-state index in [9.17, 15) is 8.78 Å². The highest BCUT2D eigenvalue weighted by atomic mass is 19.1. The molecule has 2 N–H and O–H groups in total. The molecule has 0 fully saturated rings. The van der Waals surface area contributed by atoms with E-state index in [2.05, 4.69) is 15.6 Å². The van der Waals surface area contributed by atoms with Crippen LogP contribution in [0.15, 0.2) is 41.4 Å². The smallest absolute Gasteiger partial charge is 0.191 e. The molecule has 5 nitrogen and oxygen atoms in total. The van der Waals surface area contributed by atoms with Gasteiger partial charge in [-0.05, 0) is 55.2 Å². The van der Waals surface area contributed by atoms with Crippen LogP contribution in [0.25, 0.3) is 0 Å². The fraction of sp³-hybridized carbons (Fsp3) is 0.381. The second-order valence-electron chi connectivity index (χ2n) is 6.48. The lowest BCUT2D eigenvalue weighted by Crippen LogP contribution is -2.38. The molecule has 0 atom stereocenters. The molecule has 0 radical (unpaired) electrons. The number of fused-ring (bicyclic) bond motifs is 1. The zero-order chi connectivity index (χ0) is 19.8. The summed E-state index contributed by atoms with van der Waals surface area (Å²) in [7, 11) is 0. The molecule has 0 saturated heterocycles. The Kier molecular flexibility index (Phi) is 7.19. The van der Waals surface area contributed by atoms with E-state index in [1.165, 1.54) is 24.3 Å². The monoisotopic (exact) mass is 389 g/mol. The minimum absolute atomic E-state index is 0.180. The molecular formula is C21H25F2N3O2. The van der Waals surface area contributed by atoms with Crippen molar-refractivity contribution in [3.63, 3.8) is 0 Å². The number of rotatable bonds is 7. The predicted molar refractivity (Wildman–Crippen MR) is 104 cm³/mol. The molecule has 0 amide bonds. The molecule has 28 heavy (non-hydrogen) atoms. The van der Waals surface area contributed by atoms with Gasteiger partial charge < -0.3 is 20.1 Å². The van der Waals surface area contributed by atoms with Crippen molar-refractivity contribution >= 4 is 5.96 Å². The van der Waals surface area contributed by atoms with Crippen LogP contribution in [0, 0.1) is 11.6 Å². The Balaban J connectivity index is 1.56. The normalized spacial score (nSPS) is 13.6. The van der Waals surface area contributed by atoms with E-state index in [0.29, 0.717) is 44.2 Å². The highest BCUT2D eigenvalue weighted by molar-refractivity contribution is 5.79. The van der Waals surface area contributed by atoms with Gasteiger partial charge in [0.05, 0.1) is 6.61 Å². The van der Waals surface area contributed by atoms with Gasteiger partial charge in [0.25, 0.3) is 0 Å². The Morgan fingerprint density at radius 3 is 2.82 bits per heavy atom. The van der Waals surface area contributed by atoms with E-state index < -0.39 is 0 Å². The number of aliphatic imine (C=N–C) groups is 1. The maximum Gasteiger partial charge on any atom is 0.191 e. The van der Waals surface area contributed by atoms with Gasteiger partial charge in [-0.3, -0.25) is 4.99 Å². The zero-order valence-electron chi connectivity index (χ0n) is 15.9. The van der Waals surface area contributed by atoms with Crippen molar-refractivity contribution in [2.75, 3.05) is 26.4 Å². The number of nitrogens with zero attached hydrogens (tertiary/aromatic N) is 1. The summed E-state index contributed by atoms with van der Waals surface area (Å²) in [5.41, 5.74) is 2.44. The molecular weight excluding hydrogens is 364 g/mol. The summed E-state index contributed by atoms with van der Waals surface area (Å²) in [6.07, 6.45) is 1.24. The fourth-order valence-electron chi connectivity index (χ4n) is 3.09. The van der Waals surface area contributed by atoms with E-state index in [-0.39, 0.29) is 18.4 Å². The summed E-state index contributed by atoms with van der Waals surface area (Å²) >= 11 is 0. The Morgan fingerprint density at radius 2 is 2.00 bits per heavy atom. The molecule has 2 aromatic rings. The highest BCUT2D eigenvalue weighted by Crippen LogP contribution is 2.29. The summed E-state index contributed by atoms with van der Waals surface area (Å²) in [6, 6.07) is 9.50. The van der Waals surface area contributed by atoms with Crippen molar-refractivity contribution < 1.29 is 18.3 Å². The van der Waals surface area contributed by atoms with Gasteiger partial charge in [-0.15, -0.1) is 0 Å². The van der Waals surface area contributed by atoms with Crippen LogP contribution >= 0.6 is 0 Å². The van der Waals surface area contributed by atoms with E-state index in [0.717, 1.165) is 23.2 Å². The first-order valence-electron chi connectivity index (χ1n) is 9.44. The maximum absolute atomic E-state index is 13.8. The van der Waals surface area contributed by atoms with Gasteiger partial charge in [-0.25, -0.2) is 8.78 Å². The first-order chi connectivity index (χ1) is 13.7.